The van der Waals surface area contributed by atoms with E-state index in [0.717, 1.165) is 11.1 Å². The summed E-state index contributed by atoms with van der Waals surface area (Å²) in [4.78, 5) is 11.9. The zero-order valence-corrected chi connectivity index (χ0v) is 12.8. The van der Waals surface area contributed by atoms with Crippen LogP contribution in [0.2, 0.25) is 0 Å². The minimum Gasteiger partial charge on any atom is -0.484 e. The first-order chi connectivity index (χ1) is 9.42. The van der Waals surface area contributed by atoms with Gasteiger partial charge >= 0.3 is 0 Å². The normalized spacial score (nSPS) is 12.3. The average Bonchev–Trinajstić information content (AvgIpc) is 2.34. The molecule has 1 aromatic rings. The van der Waals surface area contributed by atoms with Crippen molar-refractivity contribution in [3.05, 3.63) is 29.3 Å². The number of carbonyl (C=O) groups is 1. The fourth-order valence-electron chi connectivity index (χ4n) is 2.12. The second-order valence-electron chi connectivity index (χ2n) is 5.54. The SMILES string of the molecule is Cc1cc(C)cc(OCC(=O)NC(CCO)C(C)C)c1. The Labute approximate surface area is 121 Å². The van der Waals surface area contributed by atoms with Crippen molar-refractivity contribution in [2.45, 2.75) is 40.2 Å². The number of ether oxygens (including phenoxy) is 1. The van der Waals surface area contributed by atoms with Crippen molar-refractivity contribution < 1.29 is 14.6 Å². The Bertz CT molecular complexity index is 423. The van der Waals surface area contributed by atoms with Gasteiger partial charge in [0.25, 0.3) is 5.91 Å². The minimum absolute atomic E-state index is 0.00244. The lowest BCUT2D eigenvalue weighted by Gasteiger charge is -2.21. The molecule has 1 amide bonds. The summed E-state index contributed by atoms with van der Waals surface area (Å²) in [7, 11) is 0. The van der Waals surface area contributed by atoms with Crippen molar-refractivity contribution in [3.63, 3.8) is 0 Å². The van der Waals surface area contributed by atoms with E-state index in [9.17, 15) is 4.79 Å². The summed E-state index contributed by atoms with van der Waals surface area (Å²) < 4.78 is 5.51. The molecule has 0 aromatic heterocycles. The number of aliphatic hydroxyl groups excluding tert-OH is 1. The summed E-state index contributed by atoms with van der Waals surface area (Å²) in [5.74, 6) is 0.838. The smallest absolute Gasteiger partial charge is 0.258 e. The third-order valence-electron chi connectivity index (χ3n) is 3.16. The van der Waals surface area contributed by atoms with Crippen LogP contribution in [0.5, 0.6) is 5.75 Å². The van der Waals surface area contributed by atoms with Crippen LogP contribution in [-0.2, 0) is 4.79 Å². The van der Waals surface area contributed by atoms with Gasteiger partial charge in [-0.15, -0.1) is 0 Å². The number of benzene rings is 1. The molecular formula is C16H25NO3. The predicted octanol–water partition coefficient (Wildman–Crippen LogP) is 2.21. The molecule has 2 N–H and O–H groups in total. The van der Waals surface area contributed by atoms with E-state index in [1.807, 2.05) is 39.8 Å². The Morgan fingerprint density at radius 3 is 2.35 bits per heavy atom. The number of hydrogen-bond donors (Lipinski definition) is 2. The largest absolute Gasteiger partial charge is 0.484 e. The van der Waals surface area contributed by atoms with Crippen LogP contribution >= 0.6 is 0 Å². The van der Waals surface area contributed by atoms with Crippen LogP contribution in [0.25, 0.3) is 0 Å². The molecule has 0 fully saturated rings. The highest BCUT2D eigenvalue weighted by molar-refractivity contribution is 5.77. The van der Waals surface area contributed by atoms with E-state index in [4.69, 9.17) is 9.84 Å². The minimum atomic E-state index is -0.156. The Balaban J connectivity index is 2.50. The first-order valence-electron chi connectivity index (χ1n) is 7.03. The lowest BCUT2D eigenvalue weighted by atomic mass is 10.0. The van der Waals surface area contributed by atoms with Crippen LogP contribution in [0.1, 0.15) is 31.4 Å². The van der Waals surface area contributed by atoms with Crippen molar-refractivity contribution in [2.75, 3.05) is 13.2 Å². The highest BCUT2D eigenvalue weighted by atomic mass is 16.5. The lowest BCUT2D eigenvalue weighted by molar-refractivity contribution is -0.124. The Morgan fingerprint density at radius 2 is 1.85 bits per heavy atom. The van der Waals surface area contributed by atoms with Crippen LogP contribution in [0.4, 0.5) is 0 Å². The highest BCUT2D eigenvalue weighted by Gasteiger charge is 2.15. The summed E-state index contributed by atoms with van der Waals surface area (Å²) in [5.41, 5.74) is 2.22. The number of aryl methyl sites for hydroxylation is 2. The molecular weight excluding hydrogens is 254 g/mol. The van der Waals surface area contributed by atoms with Crippen LogP contribution in [0.15, 0.2) is 18.2 Å². The molecule has 4 heteroatoms. The molecule has 112 valence electrons. The van der Waals surface area contributed by atoms with Gasteiger partial charge in [-0.1, -0.05) is 19.9 Å². The molecule has 0 heterocycles. The van der Waals surface area contributed by atoms with Crippen molar-refractivity contribution in [2.24, 2.45) is 5.92 Å². The van der Waals surface area contributed by atoms with Gasteiger partial charge in [-0.05, 0) is 49.4 Å². The summed E-state index contributed by atoms with van der Waals surface area (Å²) in [6.07, 6.45) is 0.562. The second kappa shape index (κ2) is 7.90. The van der Waals surface area contributed by atoms with Crippen molar-refractivity contribution in [1.29, 1.82) is 0 Å². The second-order valence-corrected chi connectivity index (χ2v) is 5.54. The van der Waals surface area contributed by atoms with Crippen molar-refractivity contribution in [1.82, 2.24) is 5.32 Å². The van der Waals surface area contributed by atoms with E-state index in [2.05, 4.69) is 11.4 Å². The molecule has 0 aliphatic heterocycles. The predicted molar refractivity (Wildman–Crippen MR) is 79.9 cm³/mol. The van der Waals surface area contributed by atoms with Gasteiger partial charge in [-0.2, -0.15) is 0 Å². The topological polar surface area (TPSA) is 58.6 Å². The number of hydrogen-bond acceptors (Lipinski definition) is 3. The van der Waals surface area contributed by atoms with Gasteiger partial charge in [0.15, 0.2) is 6.61 Å². The number of nitrogens with one attached hydrogen (secondary N) is 1. The standard InChI is InChI=1S/C16H25NO3/c1-11(2)15(5-6-18)17-16(19)10-20-14-8-12(3)7-13(4)9-14/h7-9,11,15,18H,5-6,10H2,1-4H3,(H,17,19). The molecule has 0 bridgehead atoms. The van der Waals surface area contributed by atoms with Crippen molar-refractivity contribution >= 4 is 5.91 Å². The van der Waals surface area contributed by atoms with Gasteiger partial charge < -0.3 is 15.2 Å². The molecule has 0 aliphatic carbocycles. The summed E-state index contributed by atoms with van der Waals surface area (Å²) in [6.45, 7) is 8.10. The van der Waals surface area contributed by atoms with E-state index in [0.29, 0.717) is 12.2 Å². The summed E-state index contributed by atoms with van der Waals surface area (Å²) in [5, 5.41) is 11.9. The quantitative estimate of drug-likeness (QED) is 0.804. The molecule has 4 nitrogen and oxygen atoms in total. The molecule has 1 rings (SSSR count). The van der Waals surface area contributed by atoms with Gasteiger partial charge in [0.2, 0.25) is 0 Å². The number of rotatable bonds is 7. The third-order valence-corrected chi connectivity index (χ3v) is 3.16. The Kier molecular flexibility index (Phi) is 6.52. The fraction of sp³-hybridized carbons (Fsp3) is 0.562. The van der Waals surface area contributed by atoms with Crippen LogP contribution < -0.4 is 10.1 Å². The zero-order chi connectivity index (χ0) is 15.1. The third kappa shape index (κ3) is 5.61. The Hall–Kier alpha value is -1.55. The maximum atomic E-state index is 11.9. The fourth-order valence-corrected chi connectivity index (χ4v) is 2.12. The van der Waals surface area contributed by atoms with Crippen LogP contribution in [0.3, 0.4) is 0 Å². The summed E-state index contributed by atoms with van der Waals surface area (Å²) in [6, 6.07) is 5.86. The maximum Gasteiger partial charge on any atom is 0.258 e. The number of carbonyl (C=O) groups excluding carboxylic acids is 1. The number of aliphatic hydroxyl groups is 1. The molecule has 0 spiro atoms. The molecule has 0 radical (unpaired) electrons. The van der Waals surface area contributed by atoms with Crippen molar-refractivity contribution in [3.8, 4) is 5.75 Å². The van der Waals surface area contributed by atoms with E-state index < -0.39 is 0 Å². The Morgan fingerprint density at radius 1 is 1.25 bits per heavy atom. The average molecular weight is 279 g/mol. The molecule has 1 aromatic carbocycles. The molecule has 0 saturated heterocycles. The zero-order valence-electron chi connectivity index (χ0n) is 12.8. The van der Waals surface area contributed by atoms with Gasteiger partial charge in [0.05, 0.1) is 0 Å². The molecule has 20 heavy (non-hydrogen) atoms. The van der Waals surface area contributed by atoms with Crippen LogP contribution in [-0.4, -0.2) is 30.3 Å². The highest BCUT2D eigenvalue weighted by Crippen LogP contribution is 2.16. The monoisotopic (exact) mass is 279 g/mol. The first-order valence-corrected chi connectivity index (χ1v) is 7.03. The molecule has 1 unspecified atom stereocenters. The van der Waals surface area contributed by atoms with E-state index >= 15 is 0 Å². The first kappa shape index (κ1) is 16.5. The van der Waals surface area contributed by atoms with E-state index in [1.165, 1.54) is 0 Å². The van der Waals surface area contributed by atoms with Crippen LogP contribution in [0, 0.1) is 19.8 Å². The van der Waals surface area contributed by atoms with E-state index in [1.54, 1.807) is 0 Å². The van der Waals surface area contributed by atoms with Gasteiger partial charge in [-0.25, -0.2) is 0 Å². The van der Waals surface area contributed by atoms with Gasteiger partial charge in [0.1, 0.15) is 5.75 Å². The van der Waals surface area contributed by atoms with E-state index in [-0.39, 0.29) is 31.1 Å². The molecule has 0 saturated carbocycles. The number of amides is 1. The molecule has 0 aliphatic rings. The molecule has 1 atom stereocenters. The maximum absolute atomic E-state index is 11.9. The van der Waals surface area contributed by atoms with Gasteiger partial charge in [0, 0.05) is 12.6 Å². The van der Waals surface area contributed by atoms with Gasteiger partial charge in [-0.3, -0.25) is 4.79 Å². The summed E-state index contributed by atoms with van der Waals surface area (Å²) >= 11 is 0. The lowest BCUT2D eigenvalue weighted by Crippen LogP contribution is -2.41.